The Morgan fingerprint density at radius 1 is 1.12 bits per heavy atom. The molecule has 1 saturated heterocycles. The van der Waals surface area contributed by atoms with Crippen molar-refractivity contribution in [3.05, 3.63) is 66.4 Å². The monoisotopic (exact) mass is 439 g/mol. The Labute approximate surface area is 185 Å². The molecule has 1 aliphatic heterocycles. The Bertz CT molecular complexity index is 1010. The molecule has 1 aliphatic rings. The van der Waals surface area contributed by atoms with E-state index in [0.717, 1.165) is 0 Å². The molecule has 2 unspecified atom stereocenters. The van der Waals surface area contributed by atoms with Gasteiger partial charge in [0.15, 0.2) is 18.1 Å². The Balaban J connectivity index is 1.75. The second kappa shape index (κ2) is 10.3. The Kier molecular flexibility index (Phi) is 7.33. The van der Waals surface area contributed by atoms with Gasteiger partial charge in [-0.15, -0.1) is 0 Å². The third-order valence-electron chi connectivity index (χ3n) is 4.77. The lowest BCUT2D eigenvalue weighted by Crippen LogP contribution is -2.51. The van der Waals surface area contributed by atoms with E-state index >= 15 is 0 Å². The van der Waals surface area contributed by atoms with E-state index in [4.69, 9.17) is 14.2 Å². The number of hydrogen-bond acceptors (Lipinski definition) is 6. The predicted octanol–water partition coefficient (Wildman–Crippen LogP) is 2.76. The standard InChI is InChI=1S/C23H25N3O6/c1-4-31-22(28)20-14(2)24-23(29)26-21(20)15-10-11-17(18(12-15)30-3)32-13-19(27)25-16-8-6-5-7-9-16/h5-12,20-21H,2,4,13H2,1,3H3,(H,25,27)(H2,24,26,29). The molecule has 9 heteroatoms. The average molecular weight is 439 g/mol. The minimum Gasteiger partial charge on any atom is -0.493 e. The number of ether oxygens (including phenoxy) is 3. The molecular formula is C23H25N3O6. The van der Waals surface area contributed by atoms with Gasteiger partial charge < -0.3 is 30.2 Å². The zero-order valence-electron chi connectivity index (χ0n) is 17.8. The first-order chi connectivity index (χ1) is 15.4. The van der Waals surface area contributed by atoms with Crippen molar-refractivity contribution >= 4 is 23.6 Å². The highest BCUT2D eigenvalue weighted by molar-refractivity contribution is 5.91. The average Bonchev–Trinajstić information content (AvgIpc) is 2.77. The largest absolute Gasteiger partial charge is 0.493 e. The predicted molar refractivity (Wildman–Crippen MR) is 117 cm³/mol. The lowest BCUT2D eigenvalue weighted by molar-refractivity contribution is -0.147. The smallest absolute Gasteiger partial charge is 0.319 e. The molecule has 3 N–H and O–H groups in total. The summed E-state index contributed by atoms with van der Waals surface area (Å²) in [7, 11) is 1.46. The number of rotatable bonds is 8. The van der Waals surface area contributed by atoms with Gasteiger partial charge in [-0.3, -0.25) is 9.59 Å². The highest BCUT2D eigenvalue weighted by atomic mass is 16.5. The molecule has 3 amide bonds. The number of para-hydroxylation sites is 1. The molecule has 0 spiro atoms. The van der Waals surface area contributed by atoms with E-state index in [2.05, 4.69) is 22.5 Å². The van der Waals surface area contributed by atoms with Crippen LogP contribution in [0.25, 0.3) is 0 Å². The van der Waals surface area contributed by atoms with Crippen LogP contribution in [0, 0.1) is 5.92 Å². The molecule has 1 heterocycles. The summed E-state index contributed by atoms with van der Waals surface area (Å²) in [6.45, 7) is 5.47. The van der Waals surface area contributed by atoms with E-state index in [1.165, 1.54) is 7.11 Å². The minimum atomic E-state index is -0.819. The summed E-state index contributed by atoms with van der Waals surface area (Å²) in [5, 5.41) is 7.98. The van der Waals surface area contributed by atoms with E-state index in [9.17, 15) is 14.4 Å². The second-order valence-electron chi connectivity index (χ2n) is 6.94. The van der Waals surface area contributed by atoms with Crippen LogP contribution in [0.5, 0.6) is 11.5 Å². The molecule has 0 aliphatic carbocycles. The van der Waals surface area contributed by atoms with E-state index in [0.29, 0.717) is 22.7 Å². The summed E-state index contributed by atoms with van der Waals surface area (Å²) in [5.74, 6) is -0.971. The normalized spacial score (nSPS) is 17.6. The summed E-state index contributed by atoms with van der Waals surface area (Å²) in [5.41, 5.74) is 1.50. The van der Waals surface area contributed by atoms with Crippen LogP contribution in [-0.2, 0) is 14.3 Å². The molecule has 2 aromatic carbocycles. The molecule has 0 saturated carbocycles. The lowest BCUT2D eigenvalue weighted by atomic mass is 9.89. The molecule has 0 bridgehead atoms. The summed E-state index contributed by atoms with van der Waals surface area (Å²) in [4.78, 5) is 36.6. The van der Waals surface area contributed by atoms with Gasteiger partial charge in [0.25, 0.3) is 5.91 Å². The molecular weight excluding hydrogens is 414 g/mol. The first-order valence-corrected chi connectivity index (χ1v) is 10.0. The van der Waals surface area contributed by atoms with Crippen LogP contribution < -0.4 is 25.4 Å². The van der Waals surface area contributed by atoms with Crippen molar-refractivity contribution in [2.75, 3.05) is 25.6 Å². The van der Waals surface area contributed by atoms with Crippen LogP contribution in [0.2, 0.25) is 0 Å². The molecule has 0 aromatic heterocycles. The van der Waals surface area contributed by atoms with E-state index in [-0.39, 0.29) is 24.8 Å². The first kappa shape index (κ1) is 22.7. The van der Waals surface area contributed by atoms with Crippen LogP contribution in [0.1, 0.15) is 18.5 Å². The van der Waals surface area contributed by atoms with Crippen LogP contribution in [0.3, 0.4) is 0 Å². The van der Waals surface area contributed by atoms with Crippen LogP contribution in [0.4, 0.5) is 10.5 Å². The number of urea groups is 1. The molecule has 32 heavy (non-hydrogen) atoms. The maximum atomic E-state index is 12.5. The fraction of sp³-hybridized carbons (Fsp3) is 0.261. The Hall–Kier alpha value is -4.01. The van der Waals surface area contributed by atoms with Crippen molar-refractivity contribution in [2.45, 2.75) is 13.0 Å². The topological polar surface area (TPSA) is 115 Å². The van der Waals surface area contributed by atoms with Crippen molar-refractivity contribution in [1.29, 1.82) is 0 Å². The number of anilines is 1. The van der Waals surface area contributed by atoms with Gasteiger partial charge in [-0.1, -0.05) is 30.8 Å². The molecule has 2 atom stereocenters. The van der Waals surface area contributed by atoms with Crippen molar-refractivity contribution < 1.29 is 28.6 Å². The van der Waals surface area contributed by atoms with Crippen LogP contribution in [-0.4, -0.2) is 38.2 Å². The van der Waals surface area contributed by atoms with Gasteiger partial charge in [0, 0.05) is 11.4 Å². The maximum absolute atomic E-state index is 12.5. The van der Waals surface area contributed by atoms with Crippen LogP contribution >= 0.6 is 0 Å². The molecule has 1 fully saturated rings. The van der Waals surface area contributed by atoms with Gasteiger partial charge >= 0.3 is 12.0 Å². The number of carbonyl (C=O) groups excluding carboxylic acids is 3. The van der Waals surface area contributed by atoms with Crippen molar-refractivity contribution in [2.24, 2.45) is 5.92 Å². The number of benzene rings is 2. The second-order valence-corrected chi connectivity index (χ2v) is 6.94. The van der Waals surface area contributed by atoms with E-state index < -0.39 is 24.0 Å². The molecule has 3 rings (SSSR count). The third-order valence-corrected chi connectivity index (χ3v) is 4.77. The Morgan fingerprint density at radius 2 is 1.88 bits per heavy atom. The van der Waals surface area contributed by atoms with Crippen molar-refractivity contribution in [1.82, 2.24) is 10.6 Å². The third kappa shape index (κ3) is 5.37. The van der Waals surface area contributed by atoms with Gasteiger partial charge in [0.2, 0.25) is 0 Å². The van der Waals surface area contributed by atoms with E-state index in [1.807, 2.05) is 18.2 Å². The number of nitrogens with one attached hydrogen (secondary N) is 3. The number of carbonyl (C=O) groups is 3. The quantitative estimate of drug-likeness (QED) is 0.545. The fourth-order valence-corrected chi connectivity index (χ4v) is 3.33. The van der Waals surface area contributed by atoms with Crippen molar-refractivity contribution in [3.63, 3.8) is 0 Å². The lowest BCUT2D eigenvalue weighted by Gasteiger charge is -2.33. The first-order valence-electron chi connectivity index (χ1n) is 10.0. The van der Waals surface area contributed by atoms with Crippen molar-refractivity contribution in [3.8, 4) is 11.5 Å². The van der Waals surface area contributed by atoms with Gasteiger partial charge in [0.1, 0.15) is 5.92 Å². The minimum absolute atomic E-state index is 0.199. The fourth-order valence-electron chi connectivity index (χ4n) is 3.33. The molecule has 168 valence electrons. The van der Waals surface area contributed by atoms with E-state index in [1.54, 1.807) is 37.3 Å². The number of methoxy groups -OCH3 is 1. The SMILES string of the molecule is C=C1NC(=O)NC(c2ccc(OCC(=O)Nc3ccccc3)c(OC)c2)C1C(=O)OCC. The number of hydrogen-bond donors (Lipinski definition) is 3. The van der Waals surface area contributed by atoms with Crippen LogP contribution in [0.15, 0.2) is 60.8 Å². The maximum Gasteiger partial charge on any atom is 0.319 e. The van der Waals surface area contributed by atoms with Gasteiger partial charge in [-0.2, -0.15) is 0 Å². The Morgan fingerprint density at radius 3 is 2.56 bits per heavy atom. The zero-order valence-corrected chi connectivity index (χ0v) is 17.8. The number of esters is 1. The highest BCUT2D eigenvalue weighted by Gasteiger charge is 2.39. The zero-order chi connectivity index (χ0) is 23.1. The number of amides is 3. The summed E-state index contributed by atoms with van der Waals surface area (Å²) in [6.07, 6.45) is 0. The van der Waals surface area contributed by atoms with Gasteiger partial charge in [-0.05, 0) is 36.8 Å². The van der Waals surface area contributed by atoms with Gasteiger partial charge in [0.05, 0.1) is 19.8 Å². The highest BCUT2D eigenvalue weighted by Crippen LogP contribution is 2.36. The molecule has 2 aromatic rings. The summed E-state index contributed by atoms with van der Waals surface area (Å²) >= 11 is 0. The summed E-state index contributed by atoms with van der Waals surface area (Å²) in [6, 6.07) is 12.8. The molecule has 0 radical (unpaired) electrons. The molecule has 9 nitrogen and oxygen atoms in total. The summed E-state index contributed by atoms with van der Waals surface area (Å²) < 4.78 is 16.2. The van der Waals surface area contributed by atoms with Gasteiger partial charge in [-0.25, -0.2) is 4.79 Å².